The number of hydrogen-bond acceptors (Lipinski definition) is 4. The lowest BCUT2D eigenvalue weighted by Crippen LogP contribution is -2.66. The molecule has 1 aliphatic heterocycles. The van der Waals surface area contributed by atoms with Crippen molar-refractivity contribution in [3.63, 3.8) is 0 Å². The molecule has 1 saturated heterocycles. The van der Waals surface area contributed by atoms with Crippen LogP contribution in [-0.2, 0) is 18.3 Å². The van der Waals surface area contributed by atoms with Crippen molar-refractivity contribution >= 4 is 27.0 Å². The van der Waals surface area contributed by atoms with Gasteiger partial charge in [-0.25, -0.2) is 0 Å². The molecule has 1 heterocycles. The minimum absolute atomic E-state index is 0.0437. The standard InChI is InChI=1S/C37H60O4Si2/c1-28(30(3)41-42(12,13)35(4,5)6)24-25-29(2)34-33(39-37(10,11)40-34)26-27-38-43(36(7,8)9,31-20-16-14-17-21-31)32-22-18-15-19-23-32/h14-25,28-30,33-34H,26-27H2,1-13H3/t28-,29?,30+,33+,34-/m1/s1. The highest BCUT2D eigenvalue weighted by Gasteiger charge is 2.51. The molecule has 0 bridgehead atoms. The summed E-state index contributed by atoms with van der Waals surface area (Å²) in [6.45, 7) is 29.9. The lowest BCUT2D eigenvalue weighted by Gasteiger charge is -2.43. The SMILES string of the molecule is CC(C=C[C@@H](C)[C@H](C)O[Si](C)(C)C(C)(C)C)[C@H]1OC(C)(C)O[C@H]1CCO[Si](c1ccccc1)(c1ccccc1)C(C)(C)C. The molecule has 0 aromatic heterocycles. The van der Waals surface area contributed by atoms with E-state index in [0.717, 1.165) is 6.42 Å². The zero-order valence-corrected chi connectivity index (χ0v) is 31.4. The van der Waals surface area contributed by atoms with E-state index in [1.165, 1.54) is 10.4 Å². The molecule has 1 aliphatic rings. The van der Waals surface area contributed by atoms with E-state index in [4.69, 9.17) is 18.3 Å². The normalized spacial score (nSPS) is 22.1. The zero-order valence-electron chi connectivity index (χ0n) is 29.4. The highest BCUT2D eigenvalue weighted by molar-refractivity contribution is 6.99. The summed E-state index contributed by atoms with van der Waals surface area (Å²) in [5.74, 6) is -0.120. The molecule has 2 aromatic carbocycles. The first-order valence-electron chi connectivity index (χ1n) is 16.3. The van der Waals surface area contributed by atoms with Crippen molar-refractivity contribution in [2.75, 3.05) is 6.61 Å². The van der Waals surface area contributed by atoms with Crippen LogP contribution in [0.25, 0.3) is 0 Å². The Balaban J connectivity index is 1.77. The fourth-order valence-electron chi connectivity index (χ4n) is 5.99. The van der Waals surface area contributed by atoms with Gasteiger partial charge in [-0.2, -0.15) is 0 Å². The summed E-state index contributed by atoms with van der Waals surface area (Å²) in [4.78, 5) is 0. The molecule has 0 saturated carbocycles. The van der Waals surface area contributed by atoms with Crippen LogP contribution < -0.4 is 10.4 Å². The maximum absolute atomic E-state index is 7.20. The minimum atomic E-state index is -2.60. The van der Waals surface area contributed by atoms with E-state index in [2.05, 4.69) is 148 Å². The van der Waals surface area contributed by atoms with Gasteiger partial charge in [-0.15, -0.1) is 0 Å². The van der Waals surface area contributed by atoms with Gasteiger partial charge in [0.05, 0.1) is 12.2 Å². The van der Waals surface area contributed by atoms with Crippen molar-refractivity contribution in [2.24, 2.45) is 11.8 Å². The first-order valence-corrected chi connectivity index (χ1v) is 21.1. The van der Waals surface area contributed by atoms with Gasteiger partial charge in [-0.3, -0.25) is 0 Å². The van der Waals surface area contributed by atoms with Crippen LogP contribution in [0.1, 0.15) is 82.6 Å². The van der Waals surface area contributed by atoms with Crippen molar-refractivity contribution in [1.29, 1.82) is 0 Å². The van der Waals surface area contributed by atoms with Crippen LogP contribution in [0.4, 0.5) is 0 Å². The summed E-state index contributed by atoms with van der Waals surface area (Å²) in [7, 11) is -4.43. The molecule has 1 unspecified atom stereocenters. The van der Waals surface area contributed by atoms with Gasteiger partial charge in [0.25, 0.3) is 8.32 Å². The van der Waals surface area contributed by atoms with Crippen LogP contribution in [0, 0.1) is 11.8 Å². The van der Waals surface area contributed by atoms with Crippen LogP contribution in [0.2, 0.25) is 23.2 Å². The molecular formula is C37H60O4Si2. The van der Waals surface area contributed by atoms with E-state index in [0.29, 0.717) is 12.5 Å². The summed E-state index contributed by atoms with van der Waals surface area (Å²) in [6.07, 6.45) is 5.46. The topological polar surface area (TPSA) is 36.9 Å². The Morgan fingerprint density at radius 1 is 0.791 bits per heavy atom. The van der Waals surface area contributed by atoms with Crippen molar-refractivity contribution in [2.45, 2.75) is 130 Å². The van der Waals surface area contributed by atoms with E-state index in [-0.39, 0.29) is 34.3 Å². The van der Waals surface area contributed by atoms with Gasteiger partial charge < -0.3 is 18.3 Å². The van der Waals surface area contributed by atoms with Gasteiger partial charge in [0.2, 0.25) is 0 Å². The van der Waals surface area contributed by atoms with E-state index < -0.39 is 22.4 Å². The Morgan fingerprint density at radius 3 is 1.77 bits per heavy atom. The van der Waals surface area contributed by atoms with Gasteiger partial charge in [-0.05, 0) is 66.7 Å². The molecule has 0 N–H and O–H groups in total. The number of ether oxygens (including phenoxy) is 2. The molecule has 3 rings (SSSR count). The highest BCUT2D eigenvalue weighted by Crippen LogP contribution is 2.40. The fraction of sp³-hybridized carbons (Fsp3) is 0.622. The van der Waals surface area contributed by atoms with Crippen LogP contribution in [0.15, 0.2) is 72.8 Å². The fourth-order valence-corrected chi connectivity index (χ4v) is 12.1. The van der Waals surface area contributed by atoms with Crippen LogP contribution in [0.5, 0.6) is 0 Å². The Hall–Kier alpha value is -1.55. The molecular weight excluding hydrogens is 565 g/mol. The number of benzene rings is 2. The Kier molecular flexibility index (Phi) is 11.6. The van der Waals surface area contributed by atoms with Crippen LogP contribution >= 0.6 is 0 Å². The van der Waals surface area contributed by atoms with E-state index in [9.17, 15) is 0 Å². The third-order valence-electron chi connectivity index (χ3n) is 9.62. The van der Waals surface area contributed by atoms with Gasteiger partial charge in [-0.1, -0.05) is 128 Å². The molecule has 6 heteroatoms. The smallest absolute Gasteiger partial charge is 0.261 e. The molecule has 4 nitrogen and oxygen atoms in total. The summed E-state index contributed by atoms with van der Waals surface area (Å²) in [5, 5.41) is 2.74. The van der Waals surface area contributed by atoms with Crippen molar-refractivity contribution in [1.82, 2.24) is 0 Å². The van der Waals surface area contributed by atoms with E-state index >= 15 is 0 Å². The lowest BCUT2D eigenvalue weighted by atomic mass is 9.95. The molecule has 2 aromatic rings. The molecule has 0 amide bonds. The predicted octanol–water partition coefficient (Wildman–Crippen LogP) is 8.71. The highest BCUT2D eigenvalue weighted by atomic mass is 28.4. The second kappa shape index (κ2) is 13.8. The molecule has 5 atom stereocenters. The van der Waals surface area contributed by atoms with Gasteiger partial charge in [0, 0.05) is 18.6 Å². The summed E-state index contributed by atoms with van der Waals surface area (Å²) in [5.41, 5.74) is 0. The quantitative estimate of drug-likeness (QED) is 0.175. The van der Waals surface area contributed by atoms with Crippen LogP contribution in [-0.4, -0.2) is 47.3 Å². The second-order valence-corrected chi connectivity index (χ2v) is 24.7. The number of rotatable bonds is 12. The summed E-state index contributed by atoms with van der Waals surface area (Å²) < 4.78 is 26.9. The van der Waals surface area contributed by atoms with Gasteiger partial charge >= 0.3 is 0 Å². The van der Waals surface area contributed by atoms with E-state index in [1.807, 2.05) is 13.8 Å². The largest absolute Gasteiger partial charge is 0.414 e. The Bertz CT molecular complexity index is 1130. The summed E-state index contributed by atoms with van der Waals surface area (Å²) in [6, 6.07) is 21.7. The third-order valence-corrected chi connectivity index (χ3v) is 19.2. The van der Waals surface area contributed by atoms with E-state index in [1.54, 1.807) is 0 Å². The first kappa shape index (κ1) is 35.9. The maximum Gasteiger partial charge on any atom is 0.261 e. The lowest BCUT2D eigenvalue weighted by molar-refractivity contribution is -0.149. The number of hydrogen-bond donors (Lipinski definition) is 0. The Labute approximate surface area is 265 Å². The Morgan fingerprint density at radius 2 is 1.30 bits per heavy atom. The second-order valence-electron chi connectivity index (χ2n) is 15.6. The predicted molar refractivity (Wildman–Crippen MR) is 187 cm³/mol. The molecule has 1 fully saturated rings. The van der Waals surface area contributed by atoms with Gasteiger partial charge in [0.1, 0.15) is 0 Å². The average Bonchev–Trinajstić information content (AvgIpc) is 3.23. The molecule has 0 aliphatic carbocycles. The van der Waals surface area contributed by atoms with Crippen molar-refractivity contribution < 1.29 is 18.3 Å². The van der Waals surface area contributed by atoms with Crippen LogP contribution in [0.3, 0.4) is 0 Å². The zero-order chi connectivity index (χ0) is 32.3. The maximum atomic E-state index is 7.20. The average molecular weight is 625 g/mol. The first-order chi connectivity index (χ1) is 19.8. The third kappa shape index (κ3) is 8.59. The summed E-state index contributed by atoms with van der Waals surface area (Å²) >= 11 is 0. The molecule has 43 heavy (non-hydrogen) atoms. The minimum Gasteiger partial charge on any atom is -0.414 e. The van der Waals surface area contributed by atoms with Gasteiger partial charge in [0.15, 0.2) is 14.1 Å². The molecule has 0 spiro atoms. The molecule has 240 valence electrons. The van der Waals surface area contributed by atoms with Crippen molar-refractivity contribution in [3.05, 3.63) is 72.8 Å². The monoisotopic (exact) mass is 624 g/mol. The molecule has 0 radical (unpaired) electrons. The van der Waals surface area contributed by atoms with Crippen molar-refractivity contribution in [3.8, 4) is 0 Å².